The summed E-state index contributed by atoms with van der Waals surface area (Å²) in [5.74, 6) is 0.487. The van der Waals surface area contributed by atoms with Gasteiger partial charge in [0.15, 0.2) is 0 Å². The first kappa shape index (κ1) is 13.9. The van der Waals surface area contributed by atoms with E-state index < -0.39 is 5.60 Å². The number of ether oxygens (including phenoxy) is 2. The van der Waals surface area contributed by atoms with Gasteiger partial charge >= 0.3 is 0 Å². The van der Waals surface area contributed by atoms with Gasteiger partial charge < -0.3 is 19.9 Å². The lowest BCUT2D eigenvalue weighted by Gasteiger charge is -2.30. The molecule has 0 aromatic rings. The highest BCUT2D eigenvalue weighted by atomic mass is 16.5. The molecule has 0 aromatic heterocycles. The van der Waals surface area contributed by atoms with Crippen molar-refractivity contribution in [2.45, 2.75) is 44.9 Å². The minimum Gasteiger partial charge on any atom is -0.386 e. The van der Waals surface area contributed by atoms with Crippen LogP contribution in [-0.4, -0.2) is 49.7 Å². The molecule has 2 N–H and O–H groups in total. The largest absolute Gasteiger partial charge is 0.386 e. The van der Waals surface area contributed by atoms with Gasteiger partial charge in [-0.2, -0.15) is 0 Å². The van der Waals surface area contributed by atoms with Gasteiger partial charge in [-0.3, -0.25) is 0 Å². The molecule has 3 unspecified atom stereocenters. The summed E-state index contributed by atoms with van der Waals surface area (Å²) in [5, 5.41) is 13.7. The number of hydrogen-bond acceptors (Lipinski definition) is 4. The maximum absolute atomic E-state index is 10.3. The van der Waals surface area contributed by atoms with Crippen molar-refractivity contribution in [3.05, 3.63) is 0 Å². The van der Waals surface area contributed by atoms with Crippen LogP contribution in [0.4, 0.5) is 0 Å². The number of nitrogens with one attached hydrogen (secondary N) is 1. The predicted octanol–water partition coefficient (Wildman–Crippen LogP) is 0.787. The molecule has 0 radical (unpaired) electrons. The molecule has 3 atom stereocenters. The molecule has 0 spiro atoms. The Morgan fingerprint density at radius 2 is 2.25 bits per heavy atom. The molecule has 1 fully saturated rings. The molecule has 1 rings (SSSR count). The highest BCUT2D eigenvalue weighted by molar-refractivity contribution is 4.92. The first-order valence-electron chi connectivity index (χ1n) is 6.06. The molecule has 16 heavy (non-hydrogen) atoms. The predicted molar refractivity (Wildman–Crippen MR) is 63.5 cm³/mol. The Bertz CT molecular complexity index is 210. The van der Waals surface area contributed by atoms with Gasteiger partial charge in [0.25, 0.3) is 0 Å². The lowest BCUT2D eigenvalue weighted by Crippen LogP contribution is -2.50. The fraction of sp³-hybridized carbons (Fsp3) is 1.00. The summed E-state index contributed by atoms with van der Waals surface area (Å²) in [7, 11) is 1.70. The van der Waals surface area contributed by atoms with Crippen molar-refractivity contribution in [3.63, 3.8) is 0 Å². The molecular formula is C12H25NO3. The maximum Gasteiger partial charge on any atom is 0.105 e. The van der Waals surface area contributed by atoms with E-state index in [0.717, 1.165) is 0 Å². The topological polar surface area (TPSA) is 50.7 Å². The van der Waals surface area contributed by atoms with Crippen LogP contribution in [0.5, 0.6) is 0 Å². The average molecular weight is 231 g/mol. The van der Waals surface area contributed by atoms with Gasteiger partial charge in [0.2, 0.25) is 0 Å². The van der Waals surface area contributed by atoms with Crippen molar-refractivity contribution in [3.8, 4) is 0 Å². The van der Waals surface area contributed by atoms with Crippen LogP contribution in [0.3, 0.4) is 0 Å². The summed E-state index contributed by atoms with van der Waals surface area (Å²) >= 11 is 0. The van der Waals surface area contributed by atoms with Gasteiger partial charge in [0.05, 0.1) is 12.7 Å². The Hall–Kier alpha value is -0.160. The van der Waals surface area contributed by atoms with E-state index in [-0.39, 0.29) is 12.1 Å². The molecule has 0 amide bonds. The Balaban J connectivity index is 2.42. The fourth-order valence-corrected chi connectivity index (χ4v) is 1.98. The third kappa shape index (κ3) is 3.42. The molecule has 96 valence electrons. The zero-order chi connectivity index (χ0) is 12.2. The zero-order valence-corrected chi connectivity index (χ0v) is 10.8. The van der Waals surface area contributed by atoms with E-state index in [1.54, 1.807) is 7.11 Å². The van der Waals surface area contributed by atoms with E-state index in [1.807, 2.05) is 6.92 Å². The van der Waals surface area contributed by atoms with Crippen LogP contribution in [0.1, 0.15) is 27.2 Å². The number of methoxy groups -OCH3 is 1. The minimum absolute atomic E-state index is 0.0876. The molecular weight excluding hydrogens is 206 g/mol. The van der Waals surface area contributed by atoms with Gasteiger partial charge in [0, 0.05) is 32.7 Å². The average Bonchev–Trinajstić information content (AvgIpc) is 2.54. The van der Waals surface area contributed by atoms with Gasteiger partial charge in [-0.1, -0.05) is 13.8 Å². The van der Waals surface area contributed by atoms with Crippen molar-refractivity contribution in [2.24, 2.45) is 5.92 Å². The normalized spacial score (nSPS) is 32.2. The lowest BCUT2D eigenvalue weighted by molar-refractivity contribution is -0.0301. The highest BCUT2D eigenvalue weighted by Gasteiger charge is 2.39. The number of hydrogen-bond donors (Lipinski definition) is 2. The number of rotatable bonds is 6. The van der Waals surface area contributed by atoms with E-state index in [9.17, 15) is 5.11 Å². The van der Waals surface area contributed by atoms with Crippen LogP contribution in [0.15, 0.2) is 0 Å². The second-order valence-electron chi connectivity index (χ2n) is 5.05. The van der Waals surface area contributed by atoms with E-state index in [4.69, 9.17) is 9.47 Å². The smallest absolute Gasteiger partial charge is 0.105 e. The molecule has 1 aliphatic heterocycles. The summed E-state index contributed by atoms with van der Waals surface area (Å²) < 4.78 is 10.6. The van der Waals surface area contributed by atoms with Gasteiger partial charge in [-0.15, -0.1) is 0 Å². The Morgan fingerprint density at radius 3 is 2.69 bits per heavy atom. The lowest BCUT2D eigenvalue weighted by atomic mass is 9.95. The van der Waals surface area contributed by atoms with Crippen LogP contribution >= 0.6 is 0 Å². The summed E-state index contributed by atoms with van der Waals surface area (Å²) in [6, 6.07) is 0.279. The van der Waals surface area contributed by atoms with Crippen molar-refractivity contribution in [1.82, 2.24) is 5.32 Å². The van der Waals surface area contributed by atoms with Crippen LogP contribution < -0.4 is 5.32 Å². The molecule has 1 heterocycles. The Morgan fingerprint density at radius 1 is 1.56 bits per heavy atom. The van der Waals surface area contributed by atoms with Crippen LogP contribution in [0, 0.1) is 5.92 Å². The Labute approximate surface area is 98.3 Å². The summed E-state index contributed by atoms with van der Waals surface area (Å²) in [5.41, 5.74) is -0.721. The van der Waals surface area contributed by atoms with Crippen LogP contribution in [-0.2, 0) is 9.47 Å². The first-order valence-corrected chi connectivity index (χ1v) is 6.06. The summed E-state index contributed by atoms with van der Waals surface area (Å²) in [6.45, 7) is 8.11. The second-order valence-corrected chi connectivity index (χ2v) is 5.05. The SMILES string of the molecule is COCC(NCC1(O)CCOC1C)C(C)C. The fourth-order valence-electron chi connectivity index (χ4n) is 1.98. The molecule has 0 saturated carbocycles. The Kier molecular flexibility index (Phi) is 5.18. The quantitative estimate of drug-likeness (QED) is 0.709. The molecule has 0 bridgehead atoms. The molecule has 1 saturated heterocycles. The van der Waals surface area contributed by atoms with Crippen LogP contribution in [0.2, 0.25) is 0 Å². The maximum atomic E-state index is 10.3. The van der Waals surface area contributed by atoms with E-state index >= 15 is 0 Å². The van der Waals surface area contributed by atoms with Crippen molar-refractivity contribution in [1.29, 1.82) is 0 Å². The molecule has 1 aliphatic rings. The van der Waals surface area contributed by atoms with E-state index in [1.165, 1.54) is 0 Å². The molecule has 4 heteroatoms. The van der Waals surface area contributed by atoms with Gasteiger partial charge in [-0.05, 0) is 12.8 Å². The monoisotopic (exact) mass is 231 g/mol. The standard InChI is InChI=1S/C12H25NO3/c1-9(2)11(7-15-4)13-8-12(14)5-6-16-10(12)3/h9-11,13-14H,5-8H2,1-4H3. The van der Waals surface area contributed by atoms with Crippen molar-refractivity contribution in [2.75, 3.05) is 26.9 Å². The van der Waals surface area contributed by atoms with E-state index in [0.29, 0.717) is 32.1 Å². The minimum atomic E-state index is -0.721. The van der Waals surface area contributed by atoms with Crippen molar-refractivity contribution >= 4 is 0 Å². The molecule has 0 aliphatic carbocycles. The van der Waals surface area contributed by atoms with Crippen molar-refractivity contribution < 1.29 is 14.6 Å². The summed E-state index contributed by atoms with van der Waals surface area (Å²) in [6.07, 6.45) is 0.620. The highest BCUT2D eigenvalue weighted by Crippen LogP contribution is 2.25. The van der Waals surface area contributed by atoms with Crippen LogP contribution in [0.25, 0.3) is 0 Å². The number of aliphatic hydroxyl groups is 1. The molecule has 0 aromatic carbocycles. The third-order valence-corrected chi connectivity index (χ3v) is 3.48. The van der Waals surface area contributed by atoms with Gasteiger partial charge in [-0.25, -0.2) is 0 Å². The molecule has 4 nitrogen and oxygen atoms in total. The second kappa shape index (κ2) is 5.96. The third-order valence-electron chi connectivity index (χ3n) is 3.48. The summed E-state index contributed by atoms with van der Waals surface area (Å²) in [4.78, 5) is 0. The zero-order valence-electron chi connectivity index (χ0n) is 10.8. The first-order chi connectivity index (χ1) is 7.49. The van der Waals surface area contributed by atoms with Gasteiger partial charge in [0.1, 0.15) is 5.60 Å². The van der Waals surface area contributed by atoms with E-state index in [2.05, 4.69) is 19.2 Å².